The summed E-state index contributed by atoms with van der Waals surface area (Å²) in [6.07, 6.45) is 1.63. The van der Waals surface area contributed by atoms with Crippen LogP contribution in [0.4, 0.5) is 0 Å². The third-order valence-corrected chi connectivity index (χ3v) is 2.04. The zero-order valence-corrected chi connectivity index (χ0v) is 9.04. The first-order valence-corrected chi connectivity index (χ1v) is 4.97. The molecule has 0 atom stereocenters. The quantitative estimate of drug-likeness (QED) is 0.735. The number of carbonyl (C=O) groups excluding carboxylic acids is 1. The fourth-order valence-corrected chi connectivity index (χ4v) is 1.16. The Balaban J connectivity index is 2.30. The van der Waals surface area contributed by atoms with E-state index in [4.69, 9.17) is 4.42 Å². The highest BCUT2D eigenvalue weighted by molar-refractivity contribution is 5.93. The van der Waals surface area contributed by atoms with Gasteiger partial charge in [0.25, 0.3) is 11.8 Å². The zero-order valence-electron chi connectivity index (χ0n) is 9.04. The molecule has 0 spiro atoms. The summed E-state index contributed by atoms with van der Waals surface area (Å²) in [6.45, 7) is 3.57. The van der Waals surface area contributed by atoms with Crippen molar-refractivity contribution >= 4 is 5.78 Å². The van der Waals surface area contributed by atoms with Crippen molar-refractivity contribution < 1.29 is 9.21 Å². The maximum Gasteiger partial charge on any atom is 0.284 e. The van der Waals surface area contributed by atoms with E-state index in [0.29, 0.717) is 5.69 Å². The lowest BCUT2D eigenvalue weighted by Gasteiger charge is -1.96. The van der Waals surface area contributed by atoms with E-state index in [9.17, 15) is 4.79 Å². The average molecular weight is 217 g/mol. The highest BCUT2D eigenvalue weighted by Crippen LogP contribution is 2.15. The van der Waals surface area contributed by atoms with Gasteiger partial charge < -0.3 is 4.42 Å². The van der Waals surface area contributed by atoms with Crippen molar-refractivity contribution in [1.29, 1.82) is 0 Å². The molecule has 0 saturated heterocycles. The molecule has 2 rings (SSSR count). The van der Waals surface area contributed by atoms with Gasteiger partial charge in [-0.05, 0) is 12.1 Å². The largest absolute Gasteiger partial charge is 0.412 e. The van der Waals surface area contributed by atoms with Gasteiger partial charge in [-0.25, -0.2) is 0 Å². The molecule has 2 heterocycles. The molecule has 5 heteroatoms. The van der Waals surface area contributed by atoms with Crippen molar-refractivity contribution in [2.75, 3.05) is 0 Å². The van der Waals surface area contributed by atoms with Gasteiger partial charge in [-0.2, -0.15) is 0 Å². The van der Waals surface area contributed by atoms with Crippen molar-refractivity contribution in [3.05, 3.63) is 30.3 Å². The Morgan fingerprint density at radius 1 is 1.31 bits per heavy atom. The standard InChI is InChI=1S/C11H11N3O2/c1-7(2)9(15)11-14-13-10(16-11)8-5-3-4-6-12-8/h3-7H,1-2H3. The van der Waals surface area contributed by atoms with Crippen LogP contribution >= 0.6 is 0 Å². The molecule has 0 N–H and O–H groups in total. The number of pyridine rings is 1. The minimum atomic E-state index is -0.158. The molecule has 5 nitrogen and oxygen atoms in total. The van der Waals surface area contributed by atoms with Gasteiger partial charge in [0, 0.05) is 12.1 Å². The molecule has 2 aromatic rings. The molecule has 0 aliphatic heterocycles. The summed E-state index contributed by atoms with van der Waals surface area (Å²) in [6, 6.07) is 5.35. The summed E-state index contributed by atoms with van der Waals surface area (Å²) in [4.78, 5) is 15.6. The van der Waals surface area contributed by atoms with Crippen LogP contribution in [0.3, 0.4) is 0 Å². The lowest BCUT2D eigenvalue weighted by molar-refractivity contribution is 0.0905. The molecule has 0 aliphatic rings. The molecule has 0 aliphatic carbocycles. The fraction of sp³-hybridized carbons (Fsp3) is 0.273. The topological polar surface area (TPSA) is 68.9 Å². The van der Waals surface area contributed by atoms with Gasteiger partial charge in [-0.3, -0.25) is 9.78 Å². The number of hydrogen-bond donors (Lipinski definition) is 0. The van der Waals surface area contributed by atoms with Crippen LogP contribution in [0.2, 0.25) is 0 Å². The molecule has 82 valence electrons. The summed E-state index contributed by atoms with van der Waals surface area (Å²) in [5.74, 6) is -0.00744. The summed E-state index contributed by atoms with van der Waals surface area (Å²) in [5, 5.41) is 7.50. The predicted octanol–water partition coefficient (Wildman–Crippen LogP) is 1.97. The van der Waals surface area contributed by atoms with E-state index in [-0.39, 0.29) is 23.5 Å². The Morgan fingerprint density at radius 3 is 2.75 bits per heavy atom. The molecular formula is C11H11N3O2. The number of aromatic nitrogens is 3. The maximum absolute atomic E-state index is 11.6. The van der Waals surface area contributed by atoms with Gasteiger partial charge in [-0.15, -0.1) is 10.2 Å². The van der Waals surface area contributed by atoms with Crippen LogP contribution in [0.25, 0.3) is 11.6 Å². The summed E-state index contributed by atoms with van der Waals surface area (Å²) in [5.41, 5.74) is 0.567. The first kappa shape index (κ1) is 10.5. The number of ketones is 1. The van der Waals surface area contributed by atoms with Gasteiger partial charge in [0.05, 0.1) is 0 Å². The Labute approximate surface area is 92.5 Å². The number of rotatable bonds is 3. The average Bonchev–Trinajstić information content (AvgIpc) is 2.78. The van der Waals surface area contributed by atoms with Crippen LogP contribution in [0.15, 0.2) is 28.8 Å². The van der Waals surface area contributed by atoms with Crippen molar-refractivity contribution in [3.63, 3.8) is 0 Å². The Bertz CT molecular complexity index is 491. The number of nitrogens with zero attached hydrogens (tertiary/aromatic N) is 3. The fourth-order valence-electron chi connectivity index (χ4n) is 1.16. The SMILES string of the molecule is CC(C)C(=O)c1nnc(-c2ccccn2)o1. The summed E-state index contributed by atoms with van der Waals surface area (Å²) < 4.78 is 5.26. The minimum absolute atomic E-state index is 0.0376. The normalized spacial score (nSPS) is 10.7. The van der Waals surface area contributed by atoms with E-state index in [1.54, 1.807) is 32.2 Å². The first-order chi connectivity index (χ1) is 7.68. The molecule has 0 amide bonds. The molecule has 0 aromatic carbocycles. The molecular weight excluding hydrogens is 206 g/mol. The summed E-state index contributed by atoms with van der Waals surface area (Å²) in [7, 11) is 0. The van der Waals surface area contributed by atoms with Crippen molar-refractivity contribution in [3.8, 4) is 11.6 Å². The number of carbonyl (C=O) groups is 1. The van der Waals surface area contributed by atoms with Gasteiger partial charge in [0.2, 0.25) is 5.78 Å². The van der Waals surface area contributed by atoms with E-state index in [1.165, 1.54) is 0 Å². The highest BCUT2D eigenvalue weighted by Gasteiger charge is 2.18. The van der Waals surface area contributed by atoms with Gasteiger partial charge in [-0.1, -0.05) is 19.9 Å². The van der Waals surface area contributed by atoms with Crippen molar-refractivity contribution in [1.82, 2.24) is 15.2 Å². The van der Waals surface area contributed by atoms with Crippen LogP contribution in [0.1, 0.15) is 24.5 Å². The van der Waals surface area contributed by atoms with E-state index in [1.807, 2.05) is 6.07 Å². The van der Waals surface area contributed by atoms with Crippen LogP contribution in [-0.2, 0) is 0 Å². The third-order valence-electron chi connectivity index (χ3n) is 2.04. The van der Waals surface area contributed by atoms with E-state index in [2.05, 4.69) is 15.2 Å². The number of hydrogen-bond acceptors (Lipinski definition) is 5. The predicted molar refractivity (Wildman–Crippen MR) is 56.7 cm³/mol. The first-order valence-electron chi connectivity index (χ1n) is 4.97. The van der Waals surface area contributed by atoms with Crippen LogP contribution in [0.5, 0.6) is 0 Å². The Hall–Kier alpha value is -2.04. The van der Waals surface area contributed by atoms with E-state index >= 15 is 0 Å². The Morgan fingerprint density at radius 2 is 2.12 bits per heavy atom. The van der Waals surface area contributed by atoms with Crippen molar-refractivity contribution in [2.24, 2.45) is 5.92 Å². The molecule has 2 aromatic heterocycles. The Kier molecular flexibility index (Phi) is 2.76. The lowest BCUT2D eigenvalue weighted by atomic mass is 10.1. The second-order valence-corrected chi connectivity index (χ2v) is 3.65. The third kappa shape index (κ3) is 1.98. The molecule has 0 bridgehead atoms. The van der Waals surface area contributed by atoms with Crippen LogP contribution < -0.4 is 0 Å². The van der Waals surface area contributed by atoms with Gasteiger partial charge in [0.1, 0.15) is 5.69 Å². The van der Waals surface area contributed by atoms with E-state index in [0.717, 1.165) is 0 Å². The second-order valence-electron chi connectivity index (χ2n) is 3.65. The second kappa shape index (κ2) is 4.22. The molecule has 16 heavy (non-hydrogen) atoms. The van der Waals surface area contributed by atoms with Crippen LogP contribution in [-0.4, -0.2) is 21.0 Å². The van der Waals surface area contributed by atoms with Gasteiger partial charge >= 0.3 is 0 Å². The van der Waals surface area contributed by atoms with Gasteiger partial charge in [0.15, 0.2) is 0 Å². The van der Waals surface area contributed by atoms with E-state index < -0.39 is 0 Å². The lowest BCUT2D eigenvalue weighted by Crippen LogP contribution is -2.07. The maximum atomic E-state index is 11.6. The molecule has 0 saturated carbocycles. The van der Waals surface area contributed by atoms with Crippen molar-refractivity contribution in [2.45, 2.75) is 13.8 Å². The zero-order chi connectivity index (χ0) is 11.5. The number of Topliss-reactive ketones (excluding diaryl/α,β-unsaturated/α-hetero) is 1. The summed E-state index contributed by atoms with van der Waals surface area (Å²) >= 11 is 0. The molecule has 0 fully saturated rings. The van der Waals surface area contributed by atoms with Crippen LogP contribution in [0, 0.1) is 5.92 Å². The highest BCUT2D eigenvalue weighted by atomic mass is 16.4. The monoisotopic (exact) mass is 217 g/mol. The molecule has 0 radical (unpaired) electrons. The minimum Gasteiger partial charge on any atom is -0.412 e. The smallest absolute Gasteiger partial charge is 0.284 e. The molecule has 0 unspecified atom stereocenters.